The summed E-state index contributed by atoms with van der Waals surface area (Å²) in [5.41, 5.74) is 7.37. The van der Waals surface area contributed by atoms with Crippen LogP contribution in [-0.2, 0) is 4.79 Å². The molecule has 0 atom stereocenters. The molecule has 4 aromatic rings. The summed E-state index contributed by atoms with van der Waals surface area (Å²) in [6, 6.07) is 18.6. The Balaban J connectivity index is 1.49. The highest BCUT2D eigenvalue weighted by atomic mass is 32.2. The van der Waals surface area contributed by atoms with E-state index in [1.54, 1.807) is 6.07 Å². The van der Waals surface area contributed by atoms with Gasteiger partial charge in [0.1, 0.15) is 5.75 Å². The molecule has 0 unspecified atom stereocenters. The number of hydrogen-bond donors (Lipinski definition) is 2. The number of imidazole rings is 1. The highest BCUT2D eigenvalue weighted by Crippen LogP contribution is 2.28. The number of fused-ring (bicyclic) bond motifs is 1. The summed E-state index contributed by atoms with van der Waals surface area (Å²) in [5.74, 6) is 0.0840. The number of hydrazine groups is 1. The second-order valence-corrected chi connectivity index (χ2v) is 7.36. The SMILES string of the molecule is CCOc1ccc(-n2c(SCC(=O)NNC(=O)c3ccco3)nc3ccccc32)cc1. The molecule has 0 aliphatic heterocycles. The highest BCUT2D eigenvalue weighted by molar-refractivity contribution is 7.99. The van der Waals surface area contributed by atoms with Crippen molar-refractivity contribution >= 4 is 34.6 Å². The summed E-state index contributed by atoms with van der Waals surface area (Å²) in [5, 5.41) is 0.665. The number of benzene rings is 2. The number of ether oxygens (including phenoxy) is 1. The van der Waals surface area contributed by atoms with Crippen LogP contribution in [0.4, 0.5) is 0 Å². The number of hydrogen-bond acceptors (Lipinski definition) is 6. The van der Waals surface area contributed by atoms with Crippen molar-refractivity contribution < 1.29 is 18.7 Å². The van der Waals surface area contributed by atoms with Gasteiger partial charge >= 0.3 is 5.91 Å². The van der Waals surface area contributed by atoms with Crippen LogP contribution in [0.1, 0.15) is 17.5 Å². The van der Waals surface area contributed by atoms with Crippen molar-refractivity contribution in [3.8, 4) is 11.4 Å². The number of carbonyl (C=O) groups is 2. The molecule has 0 aliphatic rings. The lowest BCUT2D eigenvalue weighted by atomic mass is 10.2. The minimum Gasteiger partial charge on any atom is -0.494 e. The number of furan rings is 1. The molecule has 0 bridgehead atoms. The molecular weight excluding hydrogens is 416 g/mol. The Kier molecular flexibility index (Phi) is 6.23. The van der Waals surface area contributed by atoms with E-state index in [0.717, 1.165) is 22.5 Å². The van der Waals surface area contributed by atoms with Crippen LogP contribution in [0, 0.1) is 0 Å². The lowest BCUT2D eigenvalue weighted by Gasteiger charge is -2.10. The molecule has 2 heterocycles. The summed E-state index contributed by atoms with van der Waals surface area (Å²) in [7, 11) is 0. The first-order valence-electron chi connectivity index (χ1n) is 9.62. The molecule has 0 saturated heterocycles. The number of thioether (sulfide) groups is 1. The fraction of sp³-hybridized carbons (Fsp3) is 0.136. The Morgan fingerprint density at radius 1 is 1.06 bits per heavy atom. The summed E-state index contributed by atoms with van der Waals surface area (Å²) >= 11 is 1.27. The summed E-state index contributed by atoms with van der Waals surface area (Å²) in [6.45, 7) is 2.54. The van der Waals surface area contributed by atoms with Crippen molar-refractivity contribution in [2.24, 2.45) is 0 Å². The number of rotatable bonds is 7. The molecule has 2 N–H and O–H groups in total. The van der Waals surface area contributed by atoms with Gasteiger partial charge in [-0.3, -0.25) is 25.0 Å². The van der Waals surface area contributed by atoms with Gasteiger partial charge < -0.3 is 9.15 Å². The number of nitrogens with one attached hydrogen (secondary N) is 2. The molecule has 2 aromatic carbocycles. The van der Waals surface area contributed by atoms with Crippen molar-refractivity contribution in [2.45, 2.75) is 12.1 Å². The van der Waals surface area contributed by atoms with E-state index < -0.39 is 5.91 Å². The van der Waals surface area contributed by atoms with Crippen LogP contribution >= 0.6 is 11.8 Å². The van der Waals surface area contributed by atoms with Crippen LogP contribution in [0.15, 0.2) is 76.5 Å². The molecule has 2 amide bonds. The van der Waals surface area contributed by atoms with Gasteiger partial charge in [-0.25, -0.2) is 4.98 Å². The predicted octanol–water partition coefficient (Wildman–Crippen LogP) is 3.57. The van der Waals surface area contributed by atoms with E-state index in [4.69, 9.17) is 9.15 Å². The van der Waals surface area contributed by atoms with Crippen LogP contribution in [0.2, 0.25) is 0 Å². The summed E-state index contributed by atoms with van der Waals surface area (Å²) in [6.07, 6.45) is 1.39. The molecule has 8 nitrogen and oxygen atoms in total. The lowest BCUT2D eigenvalue weighted by molar-refractivity contribution is -0.119. The quantitative estimate of drug-likeness (QED) is 0.340. The second-order valence-electron chi connectivity index (χ2n) is 6.41. The molecule has 31 heavy (non-hydrogen) atoms. The third kappa shape index (κ3) is 4.72. The van der Waals surface area contributed by atoms with Crippen LogP contribution in [0.5, 0.6) is 5.75 Å². The number of para-hydroxylation sites is 2. The molecule has 2 aromatic heterocycles. The highest BCUT2D eigenvalue weighted by Gasteiger charge is 2.15. The van der Waals surface area contributed by atoms with Crippen molar-refractivity contribution in [3.05, 3.63) is 72.7 Å². The Bertz CT molecular complexity index is 1190. The zero-order valence-electron chi connectivity index (χ0n) is 16.7. The fourth-order valence-electron chi connectivity index (χ4n) is 2.97. The lowest BCUT2D eigenvalue weighted by Crippen LogP contribution is -2.42. The predicted molar refractivity (Wildman–Crippen MR) is 117 cm³/mol. The maximum absolute atomic E-state index is 12.2. The van der Waals surface area contributed by atoms with Gasteiger partial charge in [0.2, 0.25) is 5.91 Å². The number of amides is 2. The Labute approximate surface area is 182 Å². The van der Waals surface area contributed by atoms with Gasteiger partial charge in [-0.05, 0) is 55.5 Å². The Hall–Kier alpha value is -3.72. The standard InChI is InChI=1S/C22H20N4O4S/c1-2-29-16-11-9-15(10-12-16)26-18-7-4-3-6-17(18)23-22(26)31-14-20(27)24-25-21(28)19-8-5-13-30-19/h3-13H,2,14H2,1H3,(H,24,27)(H,25,28). The normalized spacial score (nSPS) is 10.7. The number of aromatic nitrogens is 2. The van der Waals surface area contributed by atoms with E-state index in [1.165, 1.54) is 24.1 Å². The first-order valence-corrected chi connectivity index (χ1v) is 10.6. The molecule has 0 fully saturated rings. The smallest absolute Gasteiger partial charge is 0.305 e. The topological polar surface area (TPSA) is 98.4 Å². The van der Waals surface area contributed by atoms with Crippen LogP contribution in [-0.4, -0.2) is 33.7 Å². The minimum atomic E-state index is -0.523. The van der Waals surface area contributed by atoms with Gasteiger partial charge in [-0.2, -0.15) is 0 Å². The van der Waals surface area contributed by atoms with Gasteiger partial charge in [0, 0.05) is 5.69 Å². The van der Waals surface area contributed by atoms with Crippen molar-refractivity contribution in [1.82, 2.24) is 20.4 Å². The van der Waals surface area contributed by atoms with Crippen molar-refractivity contribution in [2.75, 3.05) is 12.4 Å². The first-order chi connectivity index (χ1) is 15.2. The largest absolute Gasteiger partial charge is 0.494 e. The maximum Gasteiger partial charge on any atom is 0.305 e. The molecule has 0 saturated carbocycles. The number of carbonyl (C=O) groups excluding carboxylic acids is 2. The van der Waals surface area contributed by atoms with E-state index in [9.17, 15) is 9.59 Å². The van der Waals surface area contributed by atoms with Gasteiger partial charge in [0.25, 0.3) is 0 Å². The van der Waals surface area contributed by atoms with E-state index >= 15 is 0 Å². The second kappa shape index (κ2) is 9.40. The van der Waals surface area contributed by atoms with Crippen molar-refractivity contribution in [3.63, 3.8) is 0 Å². The van der Waals surface area contributed by atoms with Crippen LogP contribution in [0.25, 0.3) is 16.7 Å². The molecule has 158 valence electrons. The van der Waals surface area contributed by atoms with Gasteiger partial charge in [-0.15, -0.1) is 0 Å². The number of nitrogens with zero attached hydrogens (tertiary/aromatic N) is 2. The fourth-order valence-corrected chi connectivity index (χ4v) is 3.80. The monoisotopic (exact) mass is 436 g/mol. The summed E-state index contributed by atoms with van der Waals surface area (Å²) in [4.78, 5) is 28.8. The van der Waals surface area contributed by atoms with Crippen molar-refractivity contribution in [1.29, 1.82) is 0 Å². The Morgan fingerprint density at radius 2 is 1.87 bits per heavy atom. The molecule has 0 radical (unpaired) electrons. The molecular formula is C22H20N4O4S. The van der Waals surface area contributed by atoms with Crippen LogP contribution < -0.4 is 15.6 Å². The third-order valence-electron chi connectivity index (χ3n) is 4.33. The molecule has 9 heteroatoms. The summed E-state index contributed by atoms with van der Waals surface area (Å²) < 4.78 is 12.5. The van der Waals surface area contributed by atoms with Gasteiger partial charge in [0.15, 0.2) is 10.9 Å². The van der Waals surface area contributed by atoms with Crippen LogP contribution in [0.3, 0.4) is 0 Å². The minimum absolute atomic E-state index is 0.0682. The Morgan fingerprint density at radius 3 is 2.61 bits per heavy atom. The van der Waals surface area contributed by atoms with E-state index in [2.05, 4.69) is 15.8 Å². The third-order valence-corrected chi connectivity index (χ3v) is 5.27. The average Bonchev–Trinajstić information content (AvgIpc) is 3.45. The van der Waals surface area contributed by atoms with E-state index in [1.807, 2.05) is 60.0 Å². The van der Waals surface area contributed by atoms with Gasteiger partial charge in [0.05, 0.1) is 29.7 Å². The van der Waals surface area contributed by atoms with E-state index in [0.29, 0.717) is 11.8 Å². The maximum atomic E-state index is 12.2. The van der Waals surface area contributed by atoms with E-state index in [-0.39, 0.29) is 17.4 Å². The average molecular weight is 436 g/mol. The molecule has 0 aliphatic carbocycles. The zero-order valence-corrected chi connectivity index (χ0v) is 17.5. The molecule has 4 rings (SSSR count). The zero-order chi connectivity index (χ0) is 21.6. The first kappa shape index (κ1) is 20.5. The molecule has 0 spiro atoms. The van der Waals surface area contributed by atoms with Gasteiger partial charge in [-0.1, -0.05) is 23.9 Å².